The van der Waals surface area contributed by atoms with Crippen LogP contribution in [0.5, 0.6) is 0 Å². The first kappa shape index (κ1) is 14.3. The van der Waals surface area contributed by atoms with Gasteiger partial charge in [-0.3, -0.25) is 4.79 Å². The van der Waals surface area contributed by atoms with E-state index in [4.69, 9.17) is 4.74 Å². The second-order valence-electron chi connectivity index (χ2n) is 4.82. The summed E-state index contributed by atoms with van der Waals surface area (Å²) in [5.41, 5.74) is 1.08. The molecule has 1 aromatic rings. The quantitative estimate of drug-likeness (QED) is 0.662. The third kappa shape index (κ3) is 3.95. The number of amides is 1. The number of allylic oxidation sites excluding steroid dienone is 2. The number of nitrogens with one attached hydrogen (secondary N) is 1. The number of ether oxygens (including phenoxy) is 1. The van der Waals surface area contributed by atoms with Crippen LogP contribution in [0.3, 0.4) is 0 Å². The van der Waals surface area contributed by atoms with Crippen LogP contribution in [0.4, 0.5) is 5.69 Å². The molecule has 4 nitrogen and oxygen atoms in total. The average Bonchev–Trinajstić information content (AvgIpc) is 2.92. The summed E-state index contributed by atoms with van der Waals surface area (Å²) in [7, 11) is 0. The van der Waals surface area contributed by atoms with Crippen molar-refractivity contribution in [2.24, 2.45) is 5.92 Å². The lowest BCUT2D eigenvalue weighted by Crippen LogP contribution is -2.15. The van der Waals surface area contributed by atoms with Gasteiger partial charge < -0.3 is 10.1 Å². The number of hydrogen-bond acceptors (Lipinski definition) is 3. The fraction of sp³-hybridized carbons (Fsp3) is 0.375. The summed E-state index contributed by atoms with van der Waals surface area (Å²) in [5.74, 6) is -0.0619. The Bertz CT molecular complexity index is 522. The third-order valence-corrected chi connectivity index (χ3v) is 3.22. The van der Waals surface area contributed by atoms with E-state index in [1.807, 2.05) is 0 Å². The molecule has 1 aliphatic carbocycles. The van der Waals surface area contributed by atoms with E-state index in [1.54, 1.807) is 31.2 Å². The van der Waals surface area contributed by atoms with Crippen molar-refractivity contribution < 1.29 is 14.3 Å². The number of benzene rings is 1. The predicted molar refractivity (Wildman–Crippen MR) is 77.5 cm³/mol. The molecule has 2 rings (SSSR count). The number of esters is 1. The minimum atomic E-state index is -0.373. The molecule has 0 bridgehead atoms. The number of carbonyl (C=O) groups is 2. The SMILES string of the molecule is CCOC(=O)c1cccc(NC(=O)C[C@H]2C=CCC2)c1. The first-order valence-corrected chi connectivity index (χ1v) is 6.92. The molecule has 0 fully saturated rings. The molecule has 1 amide bonds. The molecule has 0 saturated carbocycles. The van der Waals surface area contributed by atoms with Gasteiger partial charge in [0.15, 0.2) is 0 Å². The maximum Gasteiger partial charge on any atom is 0.338 e. The highest BCUT2D eigenvalue weighted by atomic mass is 16.5. The van der Waals surface area contributed by atoms with Gasteiger partial charge in [-0.15, -0.1) is 0 Å². The second kappa shape index (κ2) is 6.89. The van der Waals surface area contributed by atoms with Gasteiger partial charge in [-0.25, -0.2) is 4.79 Å². The molecule has 1 aromatic carbocycles. The second-order valence-corrected chi connectivity index (χ2v) is 4.82. The van der Waals surface area contributed by atoms with Crippen LogP contribution in [-0.2, 0) is 9.53 Å². The highest BCUT2D eigenvalue weighted by Gasteiger charge is 2.14. The maximum atomic E-state index is 11.9. The molecule has 4 heteroatoms. The lowest BCUT2D eigenvalue weighted by atomic mass is 10.0. The van der Waals surface area contributed by atoms with Gasteiger partial charge in [0.2, 0.25) is 5.91 Å². The lowest BCUT2D eigenvalue weighted by molar-refractivity contribution is -0.116. The summed E-state index contributed by atoms with van der Waals surface area (Å²) >= 11 is 0. The fourth-order valence-electron chi connectivity index (χ4n) is 2.25. The Hall–Kier alpha value is -2.10. The van der Waals surface area contributed by atoms with Crippen molar-refractivity contribution in [3.8, 4) is 0 Å². The largest absolute Gasteiger partial charge is 0.462 e. The summed E-state index contributed by atoms with van der Waals surface area (Å²) in [6.07, 6.45) is 6.78. The Kier molecular flexibility index (Phi) is 4.93. The van der Waals surface area contributed by atoms with Crippen molar-refractivity contribution in [3.05, 3.63) is 42.0 Å². The number of rotatable bonds is 5. The Morgan fingerprint density at radius 2 is 2.25 bits per heavy atom. The molecule has 0 spiro atoms. The topological polar surface area (TPSA) is 55.4 Å². The van der Waals surface area contributed by atoms with Crippen LogP contribution in [0.1, 0.15) is 36.5 Å². The van der Waals surface area contributed by atoms with E-state index in [0.29, 0.717) is 30.2 Å². The summed E-state index contributed by atoms with van der Waals surface area (Å²) < 4.78 is 4.93. The predicted octanol–water partition coefficient (Wildman–Crippen LogP) is 3.16. The van der Waals surface area contributed by atoms with Crippen molar-refractivity contribution in [3.63, 3.8) is 0 Å². The van der Waals surface area contributed by atoms with Crippen LogP contribution in [0.2, 0.25) is 0 Å². The Balaban J connectivity index is 1.95. The number of carbonyl (C=O) groups excluding carboxylic acids is 2. The van der Waals surface area contributed by atoms with Gasteiger partial charge in [-0.2, -0.15) is 0 Å². The highest BCUT2D eigenvalue weighted by Crippen LogP contribution is 2.21. The molecule has 20 heavy (non-hydrogen) atoms. The monoisotopic (exact) mass is 273 g/mol. The molecule has 0 aliphatic heterocycles. The van der Waals surface area contributed by atoms with Crippen LogP contribution in [0, 0.1) is 5.92 Å². The van der Waals surface area contributed by atoms with Gasteiger partial charge in [0.25, 0.3) is 0 Å². The van der Waals surface area contributed by atoms with Crippen LogP contribution < -0.4 is 5.32 Å². The van der Waals surface area contributed by atoms with Gasteiger partial charge in [0.05, 0.1) is 12.2 Å². The molecular weight excluding hydrogens is 254 g/mol. The van der Waals surface area contributed by atoms with Crippen LogP contribution in [0.25, 0.3) is 0 Å². The van der Waals surface area contributed by atoms with E-state index in [2.05, 4.69) is 17.5 Å². The first-order valence-electron chi connectivity index (χ1n) is 6.92. The van der Waals surface area contributed by atoms with Gasteiger partial charge >= 0.3 is 5.97 Å². The third-order valence-electron chi connectivity index (χ3n) is 3.22. The Morgan fingerprint density at radius 3 is 2.95 bits per heavy atom. The Labute approximate surface area is 118 Å². The molecule has 1 atom stereocenters. The van der Waals surface area contributed by atoms with Crippen LogP contribution >= 0.6 is 0 Å². The van der Waals surface area contributed by atoms with Gasteiger partial charge in [-0.1, -0.05) is 18.2 Å². The average molecular weight is 273 g/mol. The zero-order valence-corrected chi connectivity index (χ0v) is 11.6. The van der Waals surface area contributed by atoms with Crippen molar-refractivity contribution in [1.82, 2.24) is 0 Å². The maximum absolute atomic E-state index is 11.9. The van der Waals surface area contributed by atoms with Crippen molar-refractivity contribution in [2.75, 3.05) is 11.9 Å². The van der Waals surface area contributed by atoms with Crippen LogP contribution in [0.15, 0.2) is 36.4 Å². The zero-order chi connectivity index (χ0) is 14.4. The van der Waals surface area contributed by atoms with Gasteiger partial charge in [0, 0.05) is 12.1 Å². The number of hydrogen-bond donors (Lipinski definition) is 1. The van der Waals surface area contributed by atoms with E-state index in [0.717, 1.165) is 12.8 Å². The minimum Gasteiger partial charge on any atom is -0.462 e. The molecule has 1 aliphatic rings. The number of anilines is 1. The van der Waals surface area contributed by atoms with Crippen molar-refractivity contribution in [1.29, 1.82) is 0 Å². The van der Waals surface area contributed by atoms with E-state index in [-0.39, 0.29) is 11.9 Å². The summed E-state index contributed by atoms with van der Waals surface area (Å²) in [5, 5.41) is 2.83. The lowest BCUT2D eigenvalue weighted by Gasteiger charge is -2.09. The molecule has 106 valence electrons. The molecular formula is C16H19NO3. The molecule has 0 saturated heterocycles. The molecule has 1 N–H and O–H groups in total. The van der Waals surface area contributed by atoms with Gasteiger partial charge in [-0.05, 0) is 43.9 Å². The van der Waals surface area contributed by atoms with Crippen molar-refractivity contribution in [2.45, 2.75) is 26.2 Å². The van der Waals surface area contributed by atoms with E-state index >= 15 is 0 Å². The normalized spacial score (nSPS) is 16.9. The van der Waals surface area contributed by atoms with Gasteiger partial charge in [0.1, 0.15) is 0 Å². The van der Waals surface area contributed by atoms with E-state index in [1.165, 1.54) is 0 Å². The van der Waals surface area contributed by atoms with E-state index in [9.17, 15) is 9.59 Å². The molecule has 0 unspecified atom stereocenters. The zero-order valence-electron chi connectivity index (χ0n) is 11.6. The van der Waals surface area contributed by atoms with E-state index < -0.39 is 0 Å². The Morgan fingerprint density at radius 1 is 1.40 bits per heavy atom. The fourth-order valence-corrected chi connectivity index (χ4v) is 2.25. The minimum absolute atomic E-state index is 0.0254. The summed E-state index contributed by atoms with van der Waals surface area (Å²) in [6, 6.07) is 6.82. The summed E-state index contributed by atoms with van der Waals surface area (Å²) in [6.45, 7) is 2.10. The molecule has 0 radical (unpaired) electrons. The van der Waals surface area contributed by atoms with Crippen LogP contribution in [-0.4, -0.2) is 18.5 Å². The molecule has 0 aromatic heterocycles. The summed E-state index contributed by atoms with van der Waals surface area (Å²) in [4.78, 5) is 23.5. The highest BCUT2D eigenvalue weighted by molar-refractivity contribution is 5.94. The smallest absolute Gasteiger partial charge is 0.338 e. The standard InChI is InChI=1S/C16H19NO3/c1-2-20-16(19)13-8-5-9-14(11-13)17-15(18)10-12-6-3-4-7-12/h3,5-6,8-9,11-12H,2,4,7,10H2,1H3,(H,17,18)/t12-/m0/s1. The van der Waals surface area contributed by atoms with Crippen molar-refractivity contribution >= 4 is 17.6 Å². The first-order chi connectivity index (χ1) is 9.69. The molecule has 0 heterocycles.